The van der Waals surface area contributed by atoms with Crippen LogP contribution in [-0.2, 0) is 14.2 Å². The van der Waals surface area contributed by atoms with Crippen LogP contribution in [0.1, 0.15) is 12.8 Å². The van der Waals surface area contributed by atoms with E-state index < -0.39 is 0 Å². The van der Waals surface area contributed by atoms with E-state index >= 15 is 0 Å². The van der Waals surface area contributed by atoms with Gasteiger partial charge in [-0.25, -0.2) is 5.84 Å². The minimum Gasteiger partial charge on any atom is -0.379 e. The monoisotopic (exact) mass is 277 g/mol. The molecular formula is C11H23N3O3S. The summed E-state index contributed by atoms with van der Waals surface area (Å²) < 4.78 is 16.4. The summed E-state index contributed by atoms with van der Waals surface area (Å²) in [5.74, 6) is 5.63. The lowest BCUT2D eigenvalue weighted by atomic mass is 9.83. The topological polar surface area (TPSA) is 77.8 Å². The molecule has 1 fully saturated rings. The summed E-state index contributed by atoms with van der Waals surface area (Å²) in [5.41, 5.74) is 2.41. The van der Waals surface area contributed by atoms with Crippen LogP contribution in [0.2, 0.25) is 0 Å². The van der Waals surface area contributed by atoms with Gasteiger partial charge < -0.3 is 25.0 Å². The zero-order chi connectivity index (χ0) is 13.5. The molecule has 0 spiro atoms. The van der Waals surface area contributed by atoms with Crippen LogP contribution in [0.5, 0.6) is 0 Å². The summed E-state index contributed by atoms with van der Waals surface area (Å²) in [6.07, 6.45) is 1.89. The van der Waals surface area contributed by atoms with E-state index in [1.165, 1.54) is 0 Å². The number of methoxy groups -OCH3 is 3. The highest BCUT2D eigenvalue weighted by Gasteiger charge is 2.38. The standard InChI is InChI=1S/C11H23N3O3S/c1-15-8-4-7(6-13-11(18)14-12)5-9(16-2)10(8)17-3/h7-10H,4-6,12H2,1-3H3,(H2,13,14,18). The summed E-state index contributed by atoms with van der Waals surface area (Å²) in [4.78, 5) is 0. The lowest BCUT2D eigenvalue weighted by molar-refractivity contribution is -0.139. The molecule has 1 aliphatic rings. The Labute approximate surface area is 113 Å². The van der Waals surface area contributed by atoms with Crippen LogP contribution in [-0.4, -0.2) is 51.3 Å². The van der Waals surface area contributed by atoms with Crippen LogP contribution >= 0.6 is 12.2 Å². The maximum absolute atomic E-state index is 5.48. The predicted octanol–water partition coefficient (Wildman–Crippen LogP) is -0.221. The zero-order valence-electron chi connectivity index (χ0n) is 11.1. The van der Waals surface area contributed by atoms with Crippen LogP contribution in [0, 0.1) is 5.92 Å². The molecule has 0 radical (unpaired) electrons. The Kier molecular flexibility index (Phi) is 6.80. The minimum absolute atomic E-state index is 0.0177. The Morgan fingerprint density at radius 2 is 1.72 bits per heavy atom. The lowest BCUT2D eigenvalue weighted by Crippen LogP contribution is -2.50. The maximum atomic E-state index is 5.48. The Bertz CT molecular complexity index is 254. The Morgan fingerprint density at radius 1 is 1.17 bits per heavy atom. The second-order valence-corrected chi connectivity index (χ2v) is 4.85. The van der Waals surface area contributed by atoms with Gasteiger partial charge in [0.05, 0.1) is 12.2 Å². The first-order valence-electron chi connectivity index (χ1n) is 5.99. The van der Waals surface area contributed by atoms with Gasteiger partial charge in [0, 0.05) is 27.9 Å². The third-order valence-electron chi connectivity index (χ3n) is 3.42. The largest absolute Gasteiger partial charge is 0.379 e. The van der Waals surface area contributed by atoms with Crippen LogP contribution < -0.4 is 16.6 Å². The maximum Gasteiger partial charge on any atom is 0.180 e. The second-order valence-electron chi connectivity index (χ2n) is 4.44. The van der Waals surface area contributed by atoms with Gasteiger partial charge in [0.2, 0.25) is 0 Å². The molecule has 4 N–H and O–H groups in total. The van der Waals surface area contributed by atoms with Crippen LogP contribution in [0.3, 0.4) is 0 Å². The summed E-state index contributed by atoms with van der Waals surface area (Å²) in [6.45, 7) is 0.749. The molecule has 0 aliphatic heterocycles. The molecule has 0 heterocycles. The van der Waals surface area contributed by atoms with Crippen molar-refractivity contribution in [1.29, 1.82) is 0 Å². The second kappa shape index (κ2) is 7.85. The Morgan fingerprint density at radius 3 is 2.11 bits per heavy atom. The smallest absolute Gasteiger partial charge is 0.180 e. The van der Waals surface area contributed by atoms with E-state index in [0.717, 1.165) is 19.4 Å². The molecule has 106 valence electrons. The Balaban J connectivity index is 2.54. The van der Waals surface area contributed by atoms with E-state index in [-0.39, 0.29) is 18.3 Å². The molecule has 0 bridgehead atoms. The molecule has 0 aromatic rings. The van der Waals surface area contributed by atoms with Gasteiger partial charge in [-0.15, -0.1) is 0 Å². The van der Waals surface area contributed by atoms with Gasteiger partial charge in [0.25, 0.3) is 0 Å². The van der Waals surface area contributed by atoms with Crippen molar-refractivity contribution >= 4 is 17.3 Å². The van der Waals surface area contributed by atoms with Gasteiger partial charge in [0.15, 0.2) is 5.11 Å². The van der Waals surface area contributed by atoms with Crippen LogP contribution in [0.25, 0.3) is 0 Å². The molecule has 0 aromatic heterocycles. The van der Waals surface area contributed by atoms with E-state index in [1.807, 2.05) is 0 Å². The van der Waals surface area contributed by atoms with Crippen molar-refractivity contribution in [2.45, 2.75) is 31.2 Å². The summed E-state index contributed by atoms with van der Waals surface area (Å²) >= 11 is 4.95. The fraction of sp³-hybridized carbons (Fsp3) is 0.909. The first kappa shape index (κ1) is 15.6. The van der Waals surface area contributed by atoms with E-state index in [4.69, 9.17) is 32.3 Å². The highest BCUT2D eigenvalue weighted by atomic mass is 32.1. The third-order valence-corrected chi connectivity index (χ3v) is 3.69. The van der Waals surface area contributed by atoms with E-state index in [2.05, 4.69) is 10.7 Å². The van der Waals surface area contributed by atoms with Gasteiger partial charge in [-0.05, 0) is 31.0 Å². The predicted molar refractivity (Wildman–Crippen MR) is 73.0 cm³/mol. The van der Waals surface area contributed by atoms with Gasteiger partial charge in [-0.2, -0.15) is 0 Å². The summed E-state index contributed by atoms with van der Waals surface area (Å²) in [5, 5.41) is 3.52. The van der Waals surface area contributed by atoms with Crippen molar-refractivity contribution in [3.8, 4) is 0 Å². The number of nitrogens with one attached hydrogen (secondary N) is 2. The molecule has 18 heavy (non-hydrogen) atoms. The highest BCUT2D eigenvalue weighted by molar-refractivity contribution is 7.80. The summed E-state index contributed by atoms with van der Waals surface area (Å²) in [7, 11) is 5.09. The van der Waals surface area contributed by atoms with Gasteiger partial charge >= 0.3 is 0 Å². The van der Waals surface area contributed by atoms with Gasteiger partial charge in [0.1, 0.15) is 6.10 Å². The molecule has 0 aromatic carbocycles. The first-order valence-corrected chi connectivity index (χ1v) is 6.39. The van der Waals surface area contributed by atoms with E-state index in [0.29, 0.717) is 11.0 Å². The van der Waals surface area contributed by atoms with Crippen molar-refractivity contribution in [1.82, 2.24) is 10.7 Å². The molecule has 0 amide bonds. The number of ether oxygens (including phenoxy) is 3. The van der Waals surface area contributed by atoms with Crippen molar-refractivity contribution in [2.24, 2.45) is 11.8 Å². The highest BCUT2D eigenvalue weighted by Crippen LogP contribution is 2.29. The molecule has 1 saturated carbocycles. The quantitative estimate of drug-likeness (QED) is 0.364. The molecule has 6 nitrogen and oxygen atoms in total. The van der Waals surface area contributed by atoms with Gasteiger partial charge in [-0.3, -0.25) is 0 Å². The van der Waals surface area contributed by atoms with Gasteiger partial charge in [-0.1, -0.05) is 0 Å². The average molecular weight is 277 g/mol. The number of nitrogens with two attached hydrogens (primary N) is 1. The molecular weight excluding hydrogens is 254 g/mol. The molecule has 1 aliphatic carbocycles. The van der Waals surface area contributed by atoms with E-state index in [9.17, 15) is 0 Å². The van der Waals surface area contributed by atoms with Crippen LogP contribution in [0.15, 0.2) is 0 Å². The van der Waals surface area contributed by atoms with E-state index in [1.54, 1.807) is 21.3 Å². The number of hydrogen-bond donors (Lipinski definition) is 3. The number of rotatable bonds is 5. The number of hydrogen-bond acceptors (Lipinski definition) is 5. The fourth-order valence-corrected chi connectivity index (χ4v) is 2.56. The average Bonchev–Trinajstić information content (AvgIpc) is 2.43. The Hall–Kier alpha value is -0.470. The first-order chi connectivity index (χ1) is 8.65. The van der Waals surface area contributed by atoms with Crippen molar-refractivity contribution < 1.29 is 14.2 Å². The lowest BCUT2D eigenvalue weighted by Gasteiger charge is -2.39. The van der Waals surface area contributed by atoms with Crippen LogP contribution in [0.4, 0.5) is 0 Å². The molecule has 2 unspecified atom stereocenters. The molecule has 0 saturated heterocycles. The number of thiocarbonyl (C=S) groups is 1. The third kappa shape index (κ3) is 4.03. The SMILES string of the molecule is COC1CC(CNC(=S)NN)CC(OC)C1OC. The summed E-state index contributed by atoms with van der Waals surface area (Å²) in [6, 6.07) is 0. The minimum atomic E-state index is -0.0177. The van der Waals surface area contributed by atoms with Crippen molar-refractivity contribution in [2.75, 3.05) is 27.9 Å². The molecule has 2 atom stereocenters. The zero-order valence-corrected chi connectivity index (χ0v) is 12.0. The van der Waals surface area contributed by atoms with Crippen molar-refractivity contribution in [3.63, 3.8) is 0 Å². The fourth-order valence-electron chi connectivity index (χ4n) is 2.48. The molecule has 7 heteroatoms. The van der Waals surface area contributed by atoms with Crippen molar-refractivity contribution in [3.05, 3.63) is 0 Å². The molecule has 1 rings (SSSR count). The normalized spacial score (nSPS) is 32.0. The number of hydrazine groups is 1.